The van der Waals surface area contributed by atoms with Gasteiger partial charge in [0.2, 0.25) is 0 Å². The van der Waals surface area contributed by atoms with Crippen LogP contribution < -0.4 is 5.73 Å². The predicted octanol–water partition coefficient (Wildman–Crippen LogP) is 2.43. The first-order chi connectivity index (χ1) is 6.18. The molecule has 0 bridgehead atoms. The first kappa shape index (κ1) is 12.4. The first-order valence-electron chi connectivity index (χ1n) is 5.07. The van der Waals surface area contributed by atoms with E-state index in [2.05, 4.69) is 6.58 Å². The fraction of sp³-hybridized carbons (Fsp3) is 0.727. The third kappa shape index (κ3) is 7.72. The quantitative estimate of drug-likeness (QED) is 0.464. The Labute approximate surface area is 81.2 Å². The fourth-order valence-electron chi connectivity index (χ4n) is 1.17. The Kier molecular flexibility index (Phi) is 7.60. The molecular weight excluding hydrogens is 162 g/mol. The molecule has 76 valence electrons. The molecule has 0 aromatic rings. The number of Topliss-reactive ketones (excluding diaryl/α,β-unsaturated/α-hetero) is 1. The summed E-state index contributed by atoms with van der Waals surface area (Å²) in [5.41, 5.74) is 6.05. The summed E-state index contributed by atoms with van der Waals surface area (Å²) in [4.78, 5) is 11.1. The zero-order valence-corrected chi connectivity index (χ0v) is 8.64. The van der Waals surface area contributed by atoms with Gasteiger partial charge in [-0.3, -0.25) is 4.79 Å². The Bertz CT molecular complexity index is 163. The van der Waals surface area contributed by atoms with Crippen molar-refractivity contribution in [3.8, 4) is 0 Å². The summed E-state index contributed by atoms with van der Waals surface area (Å²) < 4.78 is 0. The van der Waals surface area contributed by atoms with Crippen LogP contribution in [0.2, 0.25) is 0 Å². The van der Waals surface area contributed by atoms with Crippen LogP contribution in [0.4, 0.5) is 0 Å². The van der Waals surface area contributed by atoms with Crippen molar-refractivity contribution in [2.75, 3.05) is 6.54 Å². The second kappa shape index (κ2) is 7.99. The van der Waals surface area contributed by atoms with Crippen LogP contribution in [0.5, 0.6) is 0 Å². The molecule has 0 heterocycles. The highest BCUT2D eigenvalue weighted by Crippen LogP contribution is 2.07. The van der Waals surface area contributed by atoms with Crippen LogP contribution in [0, 0.1) is 0 Å². The minimum Gasteiger partial charge on any atom is -0.330 e. The van der Waals surface area contributed by atoms with Gasteiger partial charge in [-0.1, -0.05) is 25.8 Å². The fourth-order valence-corrected chi connectivity index (χ4v) is 1.17. The van der Waals surface area contributed by atoms with E-state index >= 15 is 0 Å². The van der Waals surface area contributed by atoms with Gasteiger partial charge in [0.25, 0.3) is 0 Å². The highest BCUT2D eigenvalue weighted by Gasteiger charge is 2.00. The molecular formula is C11H21NO. The summed E-state index contributed by atoms with van der Waals surface area (Å²) in [7, 11) is 0. The monoisotopic (exact) mass is 183 g/mol. The van der Waals surface area contributed by atoms with Crippen LogP contribution in [0.1, 0.15) is 45.4 Å². The molecule has 0 saturated heterocycles. The lowest BCUT2D eigenvalue weighted by atomic mass is 10.1. The number of allylic oxidation sites excluding steroid dienone is 1. The number of nitrogens with two attached hydrogens (primary N) is 1. The summed E-state index contributed by atoms with van der Waals surface area (Å²) >= 11 is 0. The third-order valence-corrected chi connectivity index (χ3v) is 2.08. The molecule has 0 spiro atoms. The zero-order chi connectivity index (χ0) is 10.1. The molecule has 0 amide bonds. The highest BCUT2D eigenvalue weighted by atomic mass is 16.1. The number of rotatable bonds is 8. The Morgan fingerprint density at radius 1 is 1.15 bits per heavy atom. The van der Waals surface area contributed by atoms with E-state index in [9.17, 15) is 4.79 Å². The number of hydrogen-bond acceptors (Lipinski definition) is 2. The Balaban J connectivity index is 3.16. The lowest BCUT2D eigenvalue weighted by Gasteiger charge is -2.00. The molecule has 2 nitrogen and oxygen atoms in total. The highest BCUT2D eigenvalue weighted by molar-refractivity contribution is 5.93. The van der Waals surface area contributed by atoms with Crippen molar-refractivity contribution < 1.29 is 4.79 Å². The zero-order valence-electron chi connectivity index (χ0n) is 8.64. The van der Waals surface area contributed by atoms with E-state index in [4.69, 9.17) is 5.73 Å². The van der Waals surface area contributed by atoms with Gasteiger partial charge in [-0.25, -0.2) is 0 Å². The van der Waals surface area contributed by atoms with Gasteiger partial charge in [0.15, 0.2) is 5.78 Å². The second-order valence-electron chi connectivity index (χ2n) is 3.51. The minimum atomic E-state index is 0.207. The average molecular weight is 183 g/mol. The Hall–Kier alpha value is -0.630. The number of unbranched alkanes of at least 4 members (excludes halogenated alkanes) is 4. The average Bonchev–Trinajstić information content (AvgIpc) is 2.10. The molecule has 0 saturated carbocycles. The van der Waals surface area contributed by atoms with E-state index < -0.39 is 0 Å². The van der Waals surface area contributed by atoms with Gasteiger partial charge < -0.3 is 5.73 Å². The SMILES string of the molecule is C=C(C)C(=O)CCCCCCCN. The Morgan fingerprint density at radius 3 is 2.23 bits per heavy atom. The smallest absolute Gasteiger partial charge is 0.157 e. The number of carbonyl (C=O) groups excluding carboxylic acids is 1. The molecule has 0 aliphatic heterocycles. The molecule has 13 heavy (non-hydrogen) atoms. The van der Waals surface area contributed by atoms with Crippen LogP contribution in [0.15, 0.2) is 12.2 Å². The molecule has 0 rings (SSSR count). The second-order valence-corrected chi connectivity index (χ2v) is 3.51. The molecule has 2 N–H and O–H groups in total. The van der Waals surface area contributed by atoms with Gasteiger partial charge in [-0.15, -0.1) is 0 Å². The maximum Gasteiger partial charge on any atom is 0.157 e. The van der Waals surface area contributed by atoms with Gasteiger partial charge >= 0.3 is 0 Å². The summed E-state index contributed by atoms with van der Waals surface area (Å²) in [6.07, 6.45) is 6.29. The lowest BCUT2D eigenvalue weighted by Crippen LogP contribution is -1.99. The maximum absolute atomic E-state index is 11.1. The van der Waals surface area contributed by atoms with Crippen LogP contribution >= 0.6 is 0 Å². The first-order valence-corrected chi connectivity index (χ1v) is 5.07. The van der Waals surface area contributed by atoms with Crippen molar-refractivity contribution in [3.05, 3.63) is 12.2 Å². The van der Waals surface area contributed by atoms with Crippen LogP contribution in [-0.2, 0) is 4.79 Å². The number of hydrogen-bond donors (Lipinski definition) is 1. The summed E-state index contributed by atoms with van der Waals surface area (Å²) in [5.74, 6) is 0.207. The van der Waals surface area contributed by atoms with Crippen molar-refractivity contribution >= 4 is 5.78 Å². The number of ketones is 1. The Morgan fingerprint density at radius 2 is 1.69 bits per heavy atom. The molecule has 0 radical (unpaired) electrons. The summed E-state index contributed by atoms with van der Waals surface area (Å²) in [6.45, 7) is 6.17. The van der Waals surface area contributed by atoms with Gasteiger partial charge in [0.05, 0.1) is 0 Å². The van der Waals surface area contributed by atoms with Gasteiger partial charge in [-0.2, -0.15) is 0 Å². The van der Waals surface area contributed by atoms with E-state index in [0.29, 0.717) is 12.0 Å². The van der Waals surface area contributed by atoms with E-state index in [1.165, 1.54) is 12.8 Å². The van der Waals surface area contributed by atoms with Crippen molar-refractivity contribution in [3.63, 3.8) is 0 Å². The van der Waals surface area contributed by atoms with Gasteiger partial charge in [0, 0.05) is 6.42 Å². The lowest BCUT2D eigenvalue weighted by molar-refractivity contribution is -0.115. The van der Waals surface area contributed by atoms with Crippen molar-refractivity contribution in [1.82, 2.24) is 0 Å². The van der Waals surface area contributed by atoms with E-state index in [-0.39, 0.29) is 5.78 Å². The van der Waals surface area contributed by atoms with Crippen molar-refractivity contribution in [1.29, 1.82) is 0 Å². The molecule has 0 aliphatic carbocycles. The van der Waals surface area contributed by atoms with Gasteiger partial charge in [-0.05, 0) is 31.9 Å². The van der Waals surface area contributed by atoms with E-state index in [1.54, 1.807) is 6.92 Å². The molecule has 0 atom stereocenters. The van der Waals surface area contributed by atoms with Gasteiger partial charge in [0.1, 0.15) is 0 Å². The van der Waals surface area contributed by atoms with Crippen LogP contribution in [0.3, 0.4) is 0 Å². The number of carbonyl (C=O) groups is 1. The topological polar surface area (TPSA) is 43.1 Å². The largest absolute Gasteiger partial charge is 0.330 e. The molecule has 0 aromatic heterocycles. The molecule has 0 fully saturated rings. The summed E-state index contributed by atoms with van der Waals surface area (Å²) in [6, 6.07) is 0. The van der Waals surface area contributed by atoms with Crippen molar-refractivity contribution in [2.24, 2.45) is 5.73 Å². The molecule has 0 aliphatic rings. The maximum atomic E-state index is 11.1. The molecule has 0 unspecified atom stereocenters. The molecule has 0 aromatic carbocycles. The van der Waals surface area contributed by atoms with E-state index in [1.807, 2.05) is 0 Å². The van der Waals surface area contributed by atoms with Crippen molar-refractivity contribution in [2.45, 2.75) is 45.4 Å². The predicted molar refractivity (Wildman–Crippen MR) is 56.6 cm³/mol. The summed E-state index contributed by atoms with van der Waals surface area (Å²) in [5, 5.41) is 0. The van der Waals surface area contributed by atoms with Crippen LogP contribution in [0.25, 0.3) is 0 Å². The normalized spacial score (nSPS) is 10.0. The molecule has 2 heteroatoms. The minimum absolute atomic E-state index is 0.207. The van der Waals surface area contributed by atoms with Crippen LogP contribution in [-0.4, -0.2) is 12.3 Å². The standard InChI is InChI=1S/C11H21NO/c1-10(2)11(13)8-6-4-3-5-7-9-12/h1,3-9,12H2,2H3. The van der Waals surface area contributed by atoms with E-state index in [0.717, 1.165) is 25.8 Å². The third-order valence-electron chi connectivity index (χ3n) is 2.08.